The van der Waals surface area contributed by atoms with E-state index >= 15 is 0 Å². The molecule has 0 spiro atoms. The standard InChI is InChI=1S/C26H25ClF3NO5/c1-25(2,3)22(24(33)34-4)31-23(32)19-12-8-16-7-9-17(27)13-20(16)21(19)35-14-15-5-10-18(11-6-15)36-26(28,29)30/h5-13,22H,14H2,1-4H3,(H,31,32)/t22-/m1/s1. The molecule has 0 aromatic heterocycles. The summed E-state index contributed by atoms with van der Waals surface area (Å²) in [5.41, 5.74) is 0.0569. The van der Waals surface area contributed by atoms with Crippen LogP contribution >= 0.6 is 11.6 Å². The number of hydrogen-bond donors (Lipinski definition) is 1. The first-order valence-electron chi connectivity index (χ1n) is 10.9. The summed E-state index contributed by atoms with van der Waals surface area (Å²) in [5.74, 6) is -1.31. The van der Waals surface area contributed by atoms with Crippen LogP contribution in [0.15, 0.2) is 54.6 Å². The summed E-state index contributed by atoms with van der Waals surface area (Å²) in [6.07, 6.45) is -4.79. The van der Waals surface area contributed by atoms with Crippen LogP contribution in [0.5, 0.6) is 11.5 Å². The molecular formula is C26H25ClF3NO5. The van der Waals surface area contributed by atoms with Crippen LogP contribution in [0.3, 0.4) is 0 Å². The quantitative estimate of drug-likeness (QED) is 0.368. The van der Waals surface area contributed by atoms with Gasteiger partial charge in [-0.15, -0.1) is 13.2 Å². The molecule has 1 amide bonds. The third-order valence-corrected chi connectivity index (χ3v) is 5.53. The smallest absolute Gasteiger partial charge is 0.487 e. The SMILES string of the molecule is COC(=O)[C@@H](NC(=O)c1ccc2ccc(Cl)cc2c1OCc1ccc(OC(F)(F)F)cc1)C(C)(C)C. The zero-order valence-corrected chi connectivity index (χ0v) is 20.8. The summed E-state index contributed by atoms with van der Waals surface area (Å²) in [7, 11) is 1.24. The lowest BCUT2D eigenvalue weighted by Crippen LogP contribution is -2.49. The van der Waals surface area contributed by atoms with Gasteiger partial charge in [0.2, 0.25) is 0 Å². The zero-order chi connectivity index (χ0) is 26.7. The Morgan fingerprint density at radius 3 is 2.22 bits per heavy atom. The van der Waals surface area contributed by atoms with Gasteiger partial charge in [-0.2, -0.15) is 0 Å². The molecule has 0 aliphatic carbocycles. The van der Waals surface area contributed by atoms with Gasteiger partial charge in [0.25, 0.3) is 5.91 Å². The van der Waals surface area contributed by atoms with Crippen LogP contribution in [0.1, 0.15) is 36.7 Å². The van der Waals surface area contributed by atoms with Crippen LogP contribution in [0, 0.1) is 5.41 Å². The predicted octanol–water partition coefficient (Wildman–Crippen LogP) is 6.29. The normalized spacial score (nSPS) is 12.7. The van der Waals surface area contributed by atoms with Gasteiger partial charge in [0, 0.05) is 10.4 Å². The first-order chi connectivity index (χ1) is 16.8. The Morgan fingerprint density at radius 1 is 1.00 bits per heavy atom. The molecule has 0 fully saturated rings. The highest BCUT2D eigenvalue weighted by atomic mass is 35.5. The minimum absolute atomic E-state index is 0.0576. The lowest BCUT2D eigenvalue weighted by Gasteiger charge is -2.29. The number of benzene rings is 3. The Labute approximate surface area is 211 Å². The van der Waals surface area contributed by atoms with Crippen LogP contribution < -0.4 is 14.8 Å². The number of nitrogens with one attached hydrogen (secondary N) is 1. The third-order valence-electron chi connectivity index (χ3n) is 5.30. The number of ether oxygens (including phenoxy) is 3. The van der Waals surface area contributed by atoms with Crippen LogP contribution in [0.4, 0.5) is 13.2 Å². The monoisotopic (exact) mass is 523 g/mol. The number of rotatable bonds is 7. The number of methoxy groups -OCH3 is 1. The maximum atomic E-state index is 13.3. The lowest BCUT2D eigenvalue weighted by atomic mass is 9.86. The topological polar surface area (TPSA) is 73.9 Å². The molecule has 0 aliphatic heterocycles. The number of carbonyl (C=O) groups excluding carboxylic acids is 2. The van der Waals surface area contributed by atoms with Gasteiger partial charge >= 0.3 is 12.3 Å². The third kappa shape index (κ3) is 6.81. The lowest BCUT2D eigenvalue weighted by molar-refractivity contribution is -0.274. The highest BCUT2D eigenvalue weighted by molar-refractivity contribution is 6.31. The summed E-state index contributed by atoms with van der Waals surface area (Å²) in [5, 5.41) is 4.44. The second-order valence-electron chi connectivity index (χ2n) is 9.08. The minimum Gasteiger partial charge on any atom is -0.487 e. The summed E-state index contributed by atoms with van der Waals surface area (Å²) in [6.45, 7) is 5.31. The number of fused-ring (bicyclic) bond motifs is 1. The molecule has 1 atom stereocenters. The van der Waals surface area contributed by atoms with Gasteiger partial charge in [-0.1, -0.05) is 56.6 Å². The van der Waals surface area contributed by atoms with E-state index in [1.54, 1.807) is 51.1 Å². The molecule has 10 heteroatoms. The van der Waals surface area contributed by atoms with E-state index in [1.807, 2.05) is 0 Å². The van der Waals surface area contributed by atoms with E-state index in [0.717, 1.165) is 5.39 Å². The fraction of sp³-hybridized carbons (Fsp3) is 0.308. The number of amides is 1. The summed E-state index contributed by atoms with van der Waals surface area (Å²) in [4.78, 5) is 25.6. The number of halogens is 4. The molecule has 192 valence electrons. The first-order valence-corrected chi connectivity index (χ1v) is 11.2. The van der Waals surface area contributed by atoms with Crippen molar-refractivity contribution < 1.29 is 37.0 Å². The van der Waals surface area contributed by atoms with E-state index in [1.165, 1.54) is 31.4 Å². The van der Waals surface area contributed by atoms with Crippen LogP contribution in [0.2, 0.25) is 5.02 Å². The number of esters is 1. The van der Waals surface area contributed by atoms with Gasteiger partial charge in [-0.25, -0.2) is 4.79 Å². The van der Waals surface area contributed by atoms with E-state index < -0.39 is 29.7 Å². The van der Waals surface area contributed by atoms with E-state index in [-0.39, 0.29) is 23.7 Å². The molecule has 36 heavy (non-hydrogen) atoms. The van der Waals surface area contributed by atoms with Crippen LogP contribution in [-0.4, -0.2) is 31.4 Å². The highest BCUT2D eigenvalue weighted by Gasteiger charge is 2.34. The maximum absolute atomic E-state index is 13.3. The van der Waals surface area contributed by atoms with E-state index in [4.69, 9.17) is 21.1 Å². The molecule has 0 bridgehead atoms. The van der Waals surface area contributed by atoms with Crippen molar-refractivity contribution in [2.24, 2.45) is 5.41 Å². The van der Waals surface area contributed by atoms with Gasteiger partial charge in [0.05, 0.1) is 12.7 Å². The zero-order valence-electron chi connectivity index (χ0n) is 20.0. The van der Waals surface area contributed by atoms with Crippen molar-refractivity contribution in [3.05, 3.63) is 70.7 Å². The fourth-order valence-electron chi connectivity index (χ4n) is 3.50. The molecule has 0 radical (unpaired) electrons. The molecule has 0 unspecified atom stereocenters. The van der Waals surface area contributed by atoms with Crippen molar-refractivity contribution in [3.8, 4) is 11.5 Å². The number of hydrogen-bond acceptors (Lipinski definition) is 5. The molecule has 0 heterocycles. The second kappa shape index (κ2) is 10.7. The Kier molecular flexibility index (Phi) is 8.03. The predicted molar refractivity (Wildman–Crippen MR) is 129 cm³/mol. The van der Waals surface area contributed by atoms with E-state index in [0.29, 0.717) is 16.0 Å². The van der Waals surface area contributed by atoms with Crippen molar-refractivity contribution in [2.45, 2.75) is 39.8 Å². The van der Waals surface area contributed by atoms with Gasteiger partial charge < -0.3 is 19.5 Å². The average molecular weight is 524 g/mol. The van der Waals surface area contributed by atoms with Crippen molar-refractivity contribution in [1.82, 2.24) is 5.32 Å². The number of carbonyl (C=O) groups is 2. The van der Waals surface area contributed by atoms with Crippen molar-refractivity contribution in [1.29, 1.82) is 0 Å². The highest BCUT2D eigenvalue weighted by Crippen LogP contribution is 2.34. The Hall–Kier alpha value is -3.46. The largest absolute Gasteiger partial charge is 0.573 e. The van der Waals surface area contributed by atoms with Crippen molar-refractivity contribution in [2.75, 3.05) is 7.11 Å². The van der Waals surface area contributed by atoms with Gasteiger partial charge in [-0.05, 0) is 46.7 Å². The molecule has 1 N–H and O–H groups in total. The number of alkyl halides is 3. The summed E-state index contributed by atoms with van der Waals surface area (Å²) >= 11 is 6.19. The van der Waals surface area contributed by atoms with Crippen molar-refractivity contribution >= 4 is 34.2 Å². The molecule has 6 nitrogen and oxygen atoms in total. The van der Waals surface area contributed by atoms with Gasteiger partial charge in [-0.3, -0.25) is 4.79 Å². The molecule has 0 saturated heterocycles. The fourth-order valence-corrected chi connectivity index (χ4v) is 3.67. The molecule has 0 saturated carbocycles. The van der Waals surface area contributed by atoms with Gasteiger partial charge in [0.1, 0.15) is 24.1 Å². The van der Waals surface area contributed by atoms with Gasteiger partial charge in [0.15, 0.2) is 0 Å². The van der Waals surface area contributed by atoms with E-state index in [2.05, 4.69) is 10.1 Å². The molecule has 3 aromatic rings. The summed E-state index contributed by atoms with van der Waals surface area (Å²) in [6, 6.07) is 12.6. The Bertz CT molecular complexity index is 1250. The van der Waals surface area contributed by atoms with Crippen molar-refractivity contribution in [3.63, 3.8) is 0 Å². The first kappa shape index (κ1) is 27.1. The average Bonchev–Trinajstić information content (AvgIpc) is 2.79. The second-order valence-corrected chi connectivity index (χ2v) is 9.52. The Balaban J connectivity index is 1.94. The molecular weight excluding hydrogens is 499 g/mol. The van der Waals surface area contributed by atoms with Crippen LogP contribution in [-0.2, 0) is 16.1 Å². The van der Waals surface area contributed by atoms with Crippen LogP contribution in [0.25, 0.3) is 10.8 Å². The Morgan fingerprint density at radius 2 is 1.64 bits per heavy atom. The summed E-state index contributed by atoms with van der Waals surface area (Å²) < 4.78 is 52.0. The van der Waals surface area contributed by atoms with E-state index in [9.17, 15) is 22.8 Å². The maximum Gasteiger partial charge on any atom is 0.573 e. The molecule has 3 rings (SSSR count). The minimum atomic E-state index is -4.79. The molecule has 0 aliphatic rings. The molecule has 3 aromatic carbocycles.